The van der Waals surface area contributed by atoms with E-state index in [0.29, 0.717) is 31.1 Å². The molecule has 3 N–H and O–H groups in total. The Balaban J connectivity index is 1.25. The highest BCUT2D eigenvalue weighted by Gasteiger charge is 2.35. The van der Waals surface area contributed by atoms with Crippen molar-refractivity contribution in [1.82, 2.24) is 15.2 Å². The second-order valence-electron chi connectivity index (χ2n) is 9.87. The van der Waals surface area contributed by atoms with Crippen LogP contribution in [0.25, 0.3) is 0 Å². The fourth-order valence-electron chi connectivity index (χ4n) is 5.37. The van der Waals surface area contributed by atoms with Crippen molar-refractivity contribution in [2.45, 2.75) is 51.1 Å². The van der Waals surface area contributed by atoms with Crippen LogP contribution in [0.15, 0.2) is 36.5 Å². The zero-order valence-corrected chi connectivity index (χ0v) is 21.0. The van der Waals surface area contributed by atoms with Crippen molar-refractivity contribution in [2.75, 3.05) is 54.9 Å². The van der Waals surface area contributed by atoms with Crippen molar-refractivity contribution < 1.29 is 14.3 Å². The molecule has 36 heavy (non-hydrogen) atoms. The molecule has 0 aliphatic carbocycles. The molecule has 4 heterocycles. The van der Waals surface area contributed by atoms with E-state index in [2.05, 4.69) is 30.7 Å². The van der Waals surface area contributed by atoms with Gasteiger partial charge in [0.2, 0.25) is 5.91 Å². The van der Waals surface area contributed by atoms with E-state index in [0.717, 1.165) is 42.9 Å². The van der Waals surface area contributed by atoms with E-state index in [-0.39, 0.29) is 23.9 Å². The summed E-state index contributed by atoms with van der Waals surface area (Å²) in [7, 11) is 0. The van der Waals surface area contributed by atoms with Crippen LogP contribution in [0.5, 0.6) is 0 Å². The normalized spacial score (nSPS) is 20.6. The molecule has 3 aliphatic rings. The third-order valence-corrected chi connectivity index (χ3v) is 7.33. The summed E-state index contributed by atoms with van der Waals surface area (Å²) in [5.74, 6) is 0.577. The van der Waals surface area contributed by atoms with Crippen molar-refractivity contribution in [2.24, 2.45) is 0 Å². The Kier molecular flexibility index (Phi) is 7.67. The first kappa shape index (κ1) is 24.5. The highest BCUT2D eigenvalue weighted by Crippen LogP contribution is 2.37. The van der Waals surface area contributed by atoms with Gasteiger partial charge in [-0.2, -0.15) is 0 Å². The SMILES string of the molecule is CC1C(=O)Nc2cnc(Nc3cccc(C(=O)NCCCN4CCCC4)c3)cc2N1C1CCOCC1. The van der Waals surface area contributed by atoms with Crippen LogP contribution in [0, 0.1) is 0 Å². The van der Waals surface area contributed by atoms with Crippen molar-refractivity contribution in [3.05, 3.63) is 42.1 Å². The number of amides is 2. The number of rotatable bonds is 8. The summed E-state index contributed by atoms with van der Waals surface area (Å²) < 4.78 is 5.54. The van der Waals surface area contributed by atoms with Gasteiger partial charge < -0.3 is 30.5 Å². The molecule has 2 amide bonds. The lowest BCUT2D eigenvalue weighted by Gasteiger charge is -2.43. The summed E-state index contributed by atoms with van der Waals surface area (Å²) in [6.07, 6.45) is 7.00. The Morgan fingerprint density at radius 1 is 1.19 bits per heavy atom. The number of nitrogens with one attached hydrogen (secondary N) is 3. The molecule has 2 aromatic rings. The third kappa shape index (κ3) is 5.63. The zero-order valence-electron chi connectivity index (χ0n) is 21.0. The summed E-state index contributed by atoms with van der Waals surface area (Å²) in [4.78, 5) is 34.5. The molecule has 2 fully saturated rings. The van der Waals surface area contributed by atoms with Crippen molar-refractivity contribution >= 4 is 34.7 Å². The van der Waals surface area contributed by atoms with Gasteiger partial charge in [0.05, 0.1) is 17.6 Å². The quantitative estimate of drug-likeness (QED) is 0.486. The van der Waals surface area contributed by atoms with Crippen LogP contribution in [-0.4, -0.2) is 73.2 Å². The Morgan fingerprint density at radius 2 is 2.00 bits per heavy atom. The van der Waals surface area contributed by atoms with Crippen LogP contribution in [0.2, 0.25) is 0 Å². The summed E-state index contributed by atoms with van der Waals surface area (Å²) in [6, 6.07) is 9.41. The Hall–Kier alpha value is -3.17. The second kappa shape index (κ2) is 11.3. The molecule has 1 aromatic heterocycles. The van der Waals surface area contributed by atoms with E-state index in [1.54, 1.807) is 6.20 Å². The number of carbonyl (C=O) groups excluding carboxylic acids is 2. The lowest BCUT2D eigenvalue weighted by molar-refractivity contribution is -0.117. The van der Waals surface area contributed by atoms with Crippen LogP contribution < -0.4 is 20.9 Å². The lowest BCUT2D eigenvalue weighted by atomic mass is 10.0. The minimum atomic E-state index is -0.270. The number of benzene rings is 1. The number of ether oxygens (including phenoxy) is 1. The largest absolute Gasteiger partial charge is 0.381 e. The molecule has 1 atom stereocenters. The molecule has 9 heteroatoms. The fourth-order valence-corrected chi connectivity index (χ4v) is 5.37. The fraction of sp³-hybridized carbons (Fsp3) is 0.519. The van der Waals surface area contributed by atoms with Crippen LogP contribution in [0.3, 0.4) is 0 Å². The predicted octanol–water partition coefficient (Wildman–Crippen LogP) is 3.37. The Bertz CT molecular complexity index is 1080. The van der Waals surface area contributed by atoms with Crippen molar-refractivity contribution in [3.8, 4) is 0 Å². The van der Waals surface area contributed by atoms with Gasteiger partial charge >= 0.3 is 0 Å². The molecule has 0 saturated carbocycles. The molecule has 0 radical (unpaired) electrons. The van der Waals surface area contributed by atoms with Crippen LogP contribution in [-0.2, 0) is 9.53 Å². The van der Waals surface area contributed by atoms with Gasteiger partial charge in [-0.15, -0.1) is 0 Å². The molecular weight excluding hydrogens is 456 g/mol. The Labute approximate surface area is 212 Å². The molecule has 1 aromatic carbocycles. The van der Waals surface area contributed by atoms with E-state index >= 15 is 0 Å². The number of pyridine rings is 1. The molecular formula is C27H36N6O3. The minimum Gasteiger partial charge on any atom is -0.381 e. The monoisotopic (exact) mass is 492 g/mol. The number of fused-ring (bicyclic) bond motifs is 1. The first-order valence-electron chi connectivity index (χ1n) is 13.1. The first-order valence-corrected chi connectivity index (χ1v) is 13.1. The third-order valence-electron chi connectivity index (χ3n) is 7.33. The van der Waals surface area contributed by atoms with E-state index in [4.69, 9.17) is 4.74 Å². The van der Waals surface area contributed by atoms with E-state index in [1.807, 2.05) is 37.3 Å². The summed E-state index contributed by atoms with van der Waals surface area (Å²) in [5, 5.41) is 9.36. The maximum atomic E-state index is 12.7. The van der Waals surface area contributed by atoms with Gasteiger partial charge in [0.1, 0.15) is 11.9 Å². The summed E-state index contributed by atoms with van der Waals surface area (Å²) >= 11 is 0. The van der Waals surface area contributed by atoms with Crippen LogP contribution >= 0.6 is 0 Å². The molecule has 9 nitrogen and oxygen atoms in total. The van der Waals surface area contributed by atoms with Gasteiger partial charge in [-0.25, -0.2) is 4.98 Å². The standard InChI is InChI=1S/C27H36N6O3/c1-19-26(34)31-23-18-29-25(17-24(23)33(19)22-8-14-36-15-9-22)30-21-7-4-6-20(16-21)27(35)28-10-5-13-32-11-2-3-12-32/h4,6-7,16-19,22H,2-3,5,8-15H2,1H3,(H,28,35)(H,29,30)(H,31,34). The summed E-state index contributed by atoms with van der Waals surface area (Å²) in [6.45, 7) is 7.41. The minimum absolute atomic E-state index is 0.0179. The highest BCUT2D eigenvalue weighted by molar-refractivity contribution is 6.03. The van der Waals surface area contributed by atoms with E-state index in [1.165, 1.54) is 25.9 Å². The number of likely N-dealkylation sites (tertiary alicyclic amines) is 1. The van der Waals surface area contributed by atoms with Gasteiger partial charge in [0.25, 0.3) is 5.91 Å². The molecule has 0 bridgehead atoms. The van der Waals surface area contributed by atoms with Gasteiger partial charge in [0, 0.05) is 43.1 Å². The molecule has 1 unspecified atom stereocenters. The number of nitrogens with zero attached hydrogens (tertiary/aromatic N) is 3. The molecule has 2 saturated heterocycles. The van der Waals surface area contributed by atoms with E-state index in [9.17, 15) is 9.59 Å². The number of aromatic nitrogens is 1. The number of anilines is 4. The average molecular weight is 493 g/mol. The highest BCUT2D eigenvalue weighted by atomic mass is 16.5. The van der Waals surface area contributed by atoms with Gasteiger partial charge in [0.15, 0.2) is 0 Å². The number of hydrogen-bond acceptors (Lipinski definition) is 7. The maximum Gasteiger partial charge on any atom is 0.251 e. The lowest BCUT2D eigenvalue weighted by Crippen LogP contribution is -2.52. The van der Waals surface area contributed by atoms with Crippen molar-refractivity contribution in [1.29, 1.82) is 0 Å². The molecule has 3 aliphatic heterocycles. The van der Waals surface area contributed by atoms with Crippen molar-refractivity contribution in [3.63, 3.8) is 0 Å². The topological polar surface area (TPSA) is 98.8 Å². The molecule has 5 rings (SSSR count). The van der Waals surface area contributed by atoms with Gasteiger partial charge in [-0.3, -0.25) is 9.59 Å². The first-order chi connectivity index (χ1) is 17.6. The number of hydrogen-bond donors (Lipinski definition) is 3. The predicted molar refractivity (Wildman–Crippen MR) is 141 cm³/mol. The average Bonchev–Trinajstić information content (AvgIpc) is 3.42. The maximum absolute atomic E-state index is 12.7. The Morgan fingerprint density at radius 3 is 2.81 bits per heavy atom. The van der Waals surface area contributed by atoms with Crippen LogP contribution in [0.1, 0.15) is 49.4 Å². The van der Waals surface area contributed by atoms with E-state index < -0.39 is 0 Å². The van der Waals surface area contributed by atoms with Crippen LogP contribution in [0.4, 0.5) is 22.9 Å². The second-order valence-corrected chi connectivity index (χ2v) is 9.87. The zero-order chi connectivity index (χ0) is 24.9. The molecule has 0 spiro atoms. The van der Waals surface area contributed by atoms with Gasteiger partial charge in [-0.1, -0.05) is 6.07 Å². The number of carbonyl (C=O) groups is 2. The summed E-state index contributed by atoms with van der Waals surface area (Å²) in [5.41, 5.74) is 3.08. The van der Waals surface area contributed by atoms with Gasteiger partial charge in [-0.05, 0) is 76.9 Å². The smallest absolute Gasteiger partial charge is 0.251 e. The molecule has 192 valence electrons.